The van der Waals surface area contributed by atoms with Gasteiger partial charge in [0.2, 0.25) is 0 Å². The first kappa shape index (κ1) is 17.3. The molecule has 4 N–H and O–H groups in total. The molecule has 0 amide bonds. The van der Waals surface area contributed by atoms with E-state index < -0.39 is 29.0 Å². The lowest BCUT2D eigenvalue weighted by atomic mass is 9.96. The highest BCUT2D eigenvalue weighted by Gasteiger charge is 2.38. The van der Waals surface area contributed by atoms with E-state index in [0.29, 0.717) is 12.1 Å². The van der Waals surface area contributed by atoms with Gasteiger partial charge in [0.05, 0.1) is 27.5 Å². The van der Waals surface area contributed by atoms with Gasteiger partial charge in [-0.2, -0.15) is 26.3 Å². The van der Waals surface area contributed by atoms with Crippen LogP contribution < -0.4 is 11.5 Å². The molecule has 0 fully saturated rings. The van der Waals surface area contributed by atoms with Crippen molar-refractivity contribution in [3.63, 3.8) is 0 Å². The highest BCUT2D eigenvalue weighted by molar-refractivity contribution is 6.34. The number of halogens is 7. The second kappa shape index (κ2) is 5.52. The van der Waals surface area contributed by atoms with E-state index in [-0.39, 0.29) is 28.0 Å². The quantitative estimate of drug-likeness (QED) is 0.545. The van der Waals surface area contributed by atoms with Crippen LogP contribution in [0, 0.1) is 0 Å². The summed E-state index contributed by atoms with van der Waals surface area (Å²) in [5, 5.41) is -0.151. The number of benzene rings is 2. The maximum absolute atomic E-state index is 13.1. The smallest absolute Gasteiger partial charge is 0.397 e. The zero-order valence-electron chi connectivity index (χ0n) is 11.2. The Balaban J connectivity index is 2.75. The molecule has 2 rings (SSSR count). The summed E-state index contributed by atoms with van der Waals surface area (Å²) in [5.41, 5.74) is 7.52. The van der Waals surface area contributed by atoms with Crippen molar-refractivity contribution >= 4 is 23.0 Å². The molecule has 0 saturated heterocycles. The van der Waals surface area contributed by atoms with Crippen LogP contribution in [-0.4, -0.2) is 0 Å². The van der Waals surface area contributed by atoms with Crippen LogP contribution in [0.1, 0.15) is 11.1 Å². The molecule has 2 aromatic carbocycles. The van der Waals surface area contributed by atoms with Gasteiger partial charge < -0.3 is 11.5 Å². The molecule has 0 aromatic heterocycles. The fourth-order valence-corrected chi connectivity index (χ4v) is 2.28. The predicted molar refractivity (Wildman–Crippen MR) is 75.7 cm³/mol. The first-order valence-corrected chi connectivity index (χ1v) is 6.42. The molecule has 0 unspecified atom stereocenters. The Morgan fingerprint density at radius 1 is 0.739 bits per heavy atom. The van der Waals surface area contributed by atoms with Crippen molar-refractivity contribution in [2.75, 3.05) is 11.5 Å². The summed E-state index contributed by atoms with van der Waals surface area (Å²) in [7, 11) is 0. The molecular formula is C14H9ClF6N2. The summed E-state index contributed by atoms with van der Waals surface area (Å²) < 4.78 is 77.4. The largest absolute Gasteiger partial charge is 0.417 e. The molecule has 124 valence electrons. The minimum Gasteiger partial charge on any atom is -0.397 e. The first-order valence-electron chi connectivity index (χ1n) is 6.04. The summed E-state index contributed by atoms with van der Waals surface area (Å²) in [6.07, 6.45) is -9.90. The zero-order valence-corrected chi connectivity index (χ0v) is 11.9. The summed E-state index contributed by atoms with van der Waals surface area (Å²) in [4.78, 5) is 0. The maximum Gasteiger partial charge on any atom is 0.417 e. The van der Waals surface area contributed by atoms with Crippen molar-refractivity contribution in [2.24, 2.45) is 0 Å². The van der Waals surface area contributed by atoms with Crippen LogP contribution in [0.25, 0.3) is 11.1 Å². The van der Waals surface area contributed by atoms with E-state index >= 15 is 0 Å². The zero-order chi connectivity index (χ0) is 17.6. The van der Waals surface area contributed by atoms with E-state index in [9.17, 15) is 26.3 Å². The van der Waals surface area contributed by atoms with Gasteiger partial charge in [-0.3, -0.25) is 0 Å². The Kier molecular flexibility index (Phi) is 4.14. The minimum absolute atomic E-state index is 0.0302. The Bertz CT molecular complexity index is 752. The van der Waals surface area contributed by atoms with E-state index in [1.807, 2.05) is 0 Å². The fraction of sp³-hybridized carbons (Fsp3) is 0.143. The molecule has 0 radical (unpaired) electrons. The van der Waals surface area contributed by atoms with E-state index in [2.05, 4.69) is 0 Å². The molecule has 0 bridgehead atoms. The van der Waals surface area contributed by atoms with E-state index in [0.717, 1.165) is 12.1 Å². The van der Waals surface area contributed by atoms with Crippen molar-refractivity contribution in [2.45, 2.75) is 12.4 Å². The molecular weight excluding hydrogens is 346 g/mol. The third-order valence-corrected chi connectivity index (χ3v) is 3.43. The summed E-state index contributed by atoms with van der Waals surface area (Å²) in [6, 6.07) is 3.54. The van der Waals surface area contributed by atoms with E-state index in [4.69, 9.17) is 23.1 Å². The molecule has 23 heavy (non-hydrogen) atoms. The van der Waals surface area contributed by atoms with Crippen molar-refractivity contribution in [1.82, 2.24) is 0 Å². The summed E-state index contributed by atoms with van der Waals surface area (Å²) in [5.74, 6) is 0. The lowest BCUT2D eigenvalue weighted by Gasteiger charge is -2.17. The van der Waals surface area contributed by atoms with Gasteiger partial charge in [-0.1, -0.05) is 17.7 Å². The Hall–Kier alpha value is -2.09. The number of alkyl halides is 6. The SMILES string of the molecule is Nc1cc(Cl)c(-c2ccc(C(F)(F)F)cc2C(F)(F)F)cc1N. The molecule has 0 aliphatic heterocycles. The molecule has 0 saturated carbocycles. The second-order valence-electron chi connectivity index (χ2n) is 4.72. The molecule has 2 nitrogen and oxygen atoms in total. The van der Waals surface area contributed by atoms with Crippen LogP contribution in [0.4, 0.5) is 37.7 Å². The molecule has 0 atom stereocenters. The number of hydrogen-bond acceptors (Lipinski definition) is 2. The van der Waals surface area contributed by atoms with Gasteiger partial charge in [-0.25, -0.2) is 0 Å². The number of hydrogen-bond donors (Lipinski definition) is 2. The van der Waals surface area contributed by atoms with Crippen molar-refractivity contribution < 1.29 is 26.3 Å². The number of nitrogen functional groups attached to an aromatic ring is 2. The monoisotopic (exact) mass is 354 g/mol. The normalized spacial score (nSPS) is 12.5. The third kappa shape index (κ3) is 3.47. The van der Waals surface area contributed by atoms with Gasteiger partial charge in [-0.05, 0) is 29.8 Å². The van der Waals surface area contributed by atoms with Gasteiger partial charge >= 0.3 is 12.4 Å². The number of nitrogens with two attached hydrogens (primary N) is 2. The van der Waals surface area contributed by atoms with Crippen molar-refractivity contribution in [1.29, 1.82) is 0 Å². The average Bonchev–Trinajstić information content (AvgIpc) is 2.40. The van der Waals surface area contributed by atoms with Crippen LogP contribution in [0.3, 0.4) is 0 Å². The predicted octanol–water partition coefficient (Wildman–Crippen LogP) is 5.21. The van der Waals surface area contributed by atoms with Gasteiger partial charge in [0, 0.05) is 5.56 Å². The van der Waals surface area contributed by atoms with Crippen LogP contribution in [-0.2, 0) is 12.4 Å². The average molecular weight is 355 g/mol. The lowest BCUT2D eigenvalue weighted by molar-refractivity contribution is -0.142. The maximum atomic E-state index is 13.1. The molecule has 2 aromatic rings. The number of rotatable bonds is 1. The van der Waals surface area contributed by atoms with Gasteiger partial charge in [0.15, 0.2) is 0 Å². The van der Waals surface area contributed by atoms with Gasteiger partial charge in [-0.15, -0.1) is 0 Å². The molecule has 0 heterocycles. The van der Waals surface area contributed by atoms with Gasteiger partial charge in [0.1, 0.15) is 0 Å². The minimum atomic E-state index is -5.00. The molecule has 9 heteroatoms. The van der Waals surface area contributed by atoms with Crippen molar-refractivity contribution in [3.05, 3.63) is 46.5 Å². The van der Waals surface area contributed by atoms with Crippen molar-refractivity contribution in [3.8, 4) is 11.1 Å². The van der Waals surface area contributed by atoms with Crippen LogP contribution >= 0.6 is 11.6 Å². The van der Waals surface area contributed by atoms with E-state index in [1.165, 1.54) is 0 Å². The Morgan fingerprint density at radius 3 is 1.83 bits per heavy atom. The topological polar surface area (TPSA) is 52.0 Å². The van der Waals surface area contributed by atoms with Crippen LogP contribution in [0.2, 0.25) is 5.02 Å². The Morgan fingerprint density at radius 2 is 1.30 bits per heavy atom. The summed E-state index contributed by atoms with van der Waals surface area (Å²) in [6.45, 7) is 0. The Labute approximate surface area is 131 Å². The highest BCUT2D eigenvalue weighted by atomic mass is 35.5. The van der Waals surface area contributed by atoms with E-state index in [1.54, 1.807) is 0 Å². The molecule has 0 spiro atoms. The summed E-state index contributed by atoms with van der Waals surface area (Å²) >= 11 is 5.86. The molecule has 0 aliphatic carbocycles. The number of anilines is 2. The fourth-order valence-electron chi connectivity index (χ4n) is 2.00. The first-order chi connectivity index (χ1) is 10.4. The third-order valence-electron chi connectivity index (χ3n) is 3.12. The van der Waals surface area contributed by atoms with Crippen LogP contribution in [0.5, 0.6) is 0 Å². The molecule has 0 aliphatic rings. The standard InChI is InChI=1S/C14H9ClF6N2/c15-10-5-12(23)11(22)4-8(10)7-2-1-6(13(16,17)18)3-9(7)14(19,20)21/h1-5H,22-23H2. The highest BCUT2D eigenvalue weighted by Crippen LogP contribution is 2.43. The van der Waals surface area contributed by atoms with Gasteiger partial charge in [0.25, 0.3) is 0 Å². The second-order valence-corrected chi connectivity index (χ2v) is 5.12. The lowest BCUT2D eigenvalue weighted by Crippen LogP contribution is -2.12. The van der Waals surface area contributed by atoms with Crippen LogP contribution in [0.15, 0.2) is 30.3 Å².